The summed E-state index contributed by atoms with van der Waals surface area (Å²) in [5, 5.41) is 6.54. The molecular weight excluding hydrogens is 280 g/mol. The van der Waals surface area contributed by atoms with E-state index in [0.29, 0.717) is 17.5 Å². The quantitative estimate of drug-likeness (QED) is 0.939. The summed E-state index contributed by atoms with van der Waals surface area (Å²) in [6.45, 7) is 0. The number of carbonyl (C=O) groups is 1. The molecule has 1 aromatic carbocycles. The Hall–Kier alpha value is -1.39. The average molecular weight is 293 g/mol. The van der Waals surface area contributed by atoms with Gasteiger partial charge in [-0.25, -0.2) is 4.98 Å². The number of benzene rings is 1. The van der Waals surface area contributed by atoms with Crippen molar-refractivity contribution in [2.75, 3.05) is 0 Å². The van der Waals surface area contributed by atoms with E-state index in [-0.39, 0.29) is 5.91 Å². The molecule has 1 saturated carbocycles. The first-order valence-corrected chi connectivity index (χ1v) is 7.46. The van der Waals surface area contributed by atoms with Gasteiger partial charge in [0.05, 0.1) is 12.1 Å². The Morgan fingerprint density at radius 1 is 1.37 bits per heavy atom. The van der Waals surface area contributed by atoms with Crippen molar-refractivity contribution in [2.24, 2.45) is 0 Å². The summed E-state index contributed by atoms with van der Waals surface area (Å²) in [6, 6.07) is 7.97. The van der Waals surface area contributed by atoms with Gasteiger partial charge in [0.1, 0.15) is 5.01 Å². The van der Waals surface area contributed by atoms with E-state index in [2.05, 4.69) is 10.3 Å². The van der Waals surface area contributed by atoms with Crippen molar-refractivity contribution in [1.82, 2.24) is 10.3 Å². The molecule has 98 valence electrons. The van der Waals surface area contributed by atoms with E-state index >= 15 is 0 Å². The number of aromatic nitrogens is 1. The second-order valence-electron chi connectivity index (χ2n) is 4.67. The zero-order valence-electron chi connectivity index (χ0n) is 10.2. The van der Waals surface area contributed by atoms with Crippen molar-refractivity contribution in [3.05, 3.63) is 40.4 Å². The van der Waals surface area contributed by atoms with Crippen LogP contribution >= 0.6 is 22.9 Å². The topological polar surface area (TPSA) is 42.0 Å². The van der Waals surface area contributed by atoms with Crippen LogP contribution in [0.25, 0.3) is 10.6 Å². The third kappa shape index (κ3) is 3.33. The van der Waals surface area contributed by atoms with Gasteiger partial charge in [-0.1, -0.05) is 23.7 Å². The maximum Gasteiger partial charge on any atom is 0.226 e. The normalized spacial score (nSPS) is 14.4. The predicted octanol–water partition coefficient (Wildman–Crippen LogP) is 3.28. The predicted molar refractivity (Wildman–Crippen MR) is 77.4 cm³/mol. The van der Waals surface area contributed by atoms with Gasteiger partial charge in [-0.3, -0.25) is 4.79 Å². The number of hydrogen-bond acceptors (Lipinski definition) is 3. The molecule has 19 heavy (non-hydrogen) atoms. The molecule has 2 aromatic rings. The van der Waals surface area contributed by atoms with E-state index in [1.165, 1.54) is 0 Å². The lowest BCUT2D eigenvalue weighted by atomic mass is 10.2. The van der Waals surface area contributed by atoms with Crippen LogP contribution in [0.15, 0.2) is 29.6 Å². The molecule has 1 fully saturated rings. The highest BCUT2D eigenvalue weighted by atomic mass is 35.5. The van der Waals surface area contributed by atoms with Crippen LogP contribution in [-0.4, -0.2) is 16.9 Å². The molecule has 0 unspecified atom stereocenters. The van der Waals surface area contributed by atoms with E-state index in [9.17, 15) is 4.79 Å². The van der Waals surface area contributed by atoms with Crippen molar-refractivity contribution >= 4 is 28.8 Å². The molecule has 3 nitrogen and oxygen atoms in total. The van der Waals surface area contributed by atoms with Gasteiger partial charge in [0.25, 0.3) is 0 Å². The third-order valence-electron chi connectivity index (χ3n) is 2.93. The van der Waals surface area contributed by atoms with Crippen LogP contribution in [0.4, 0.5) is 0 Å². The smallest absolute Gasteiger partial charge is 0.226 e. The van der Waals surface area contributed by atoms with Crippen molar-refractivity contribution in [2.45, 2.75) is 25.3 Å². The van der Waals surface area contributed by atoms with Crippen LogP contribution < -0.4 is 5.32 Å². The molecule has 5 heteroatoms. The molecule has 1 heterocycles. The van der Waals surface area contributed by atoms with E-state index in [1.807, 2.05) is 29.6 Å². The summed E-state index contributed by atoms with van der Waals surface area (Å²) in [5.41, 5.74) is 1.86. The summed E-state index contributed by atoms with van der Waals surface area (Å²) < 4.78 is 0. The van der Waals surface area contributed by atoms with Gasteiger partial charge in [-0.15, -0.1) is 11.3 Å². The number of rotatable bonds is 4. The van der Waals surface area contributed by atoms with Gasteiger partial charge in [0, 0.05) is 22.0 Å². The molecule has 3 rings (SSSR count). The van der Waals surface area contributed by atoms with Crippen LogP contribution in [0.1, 0.15) is 18.5 Å². The minimum absolute atomic E-state index is 0.0652. The number of halogens is 1. The second-order valence-corrected chi connectivity index (χ2v) is 5.96. The molecule has 0 atom stereocenters. The van der Waals surface area contributed by atoms with E-state index in [4.69, 9.17) is 11.6 Å². The lowest BCUT2D eigenvalue weighted by Gasteiger charge is -2.00. The van der Waals surface area contributed by atoms with Crippen LogP contribution in [0, 0.1) is 0 Å². The fourth-order valence-corrected chi connectivity index (χ4v) is 2.74. The Bertz CT molecular complexity index is 590. The maximum absolute atomic E-state index is 11.7. The molecular formula is C14H13ClN2OS. The molecule has 0 aliphatic heterocycles. The molecule has 1 aromatic heterocycles. The number of carbonyl (C=O) groups excluding carboxylic acids is 1. The Kier molecular flexibility index (Phi) is 3.53. The first-order valence-electron chi connectivity index (χ1n) is 6.20. The highest BCUT2D eigenvalue weighted by Crippen LogP contribution is 2.25. The Morgan fingerprint density at radius 2 is 2.11 bits per heavy atom. The number of hydrogen-bond donors (Lipinski definition) is 1. The van der Waals surface area contributed by atoms with E-state index in [0.717, 1.165) is 29.1 Å². The molecule has 0 saturated heterocycles. The second kappa shape index (κ2) is 5.31. The van der Waals surface area contributed by atoms with E-state index < -0.39 is 0 Å². The van der Waals surface area contributed by atoms with Crippen molar-refractivity contribution in [1.29, 1.82) is 0 Å². The number of nitrogens with one attached hydrogen (secondary N) is 1. The standard InChI is InChI=1S/C14H13ClN2OS/c15-10-3-1-9(2-4-10)14-17-12(8-19-14)7-13(18)16-11-5-6-11/h1-4,8,11H,5-7H2,(H,16,18). The highest BCUT2D eigenvalue weighted by Gasteiger charge is 2.23. The summed E-state index contributed by atoms with van der Waals surface area (Å²) in [7, 11) is 0. The van der Waals surface area contributed by atoms with Crippen molar-refractivity contribution in [3.63, 3.8) is 0 Å². The molecule has 1 aliphatic rings. The van der Waals surface area contributed by atoms with E-state index in [1.54, 1.807) is 11.3 Å². The number of thiazole rings is 1. The zero-order chi connectivity index (χ0) is 13.2. The highest BCUT2D eigenvalue weighted by molar-refractivity contribution is 7.13. The lowest BCUT2D eigenvalue weighted by molar-refractivity contribution is -0.120. The molecule has 1 aliphatic carbocycles. The minimum atomic E-state index is 0.0652. The first-order chi connectivity index (χ1) is 9.20. The largest absolute Gasteiger partial charge is 0.353 e. The van der Waals surface area contributed by atoms with Crippen molar-refractivity contribution < 1.29 is 4.79 Å². The summed E-state index contributed by atoms with van der Waals surface area (Å²) >= 11 is 7.41. The van der Waals surface area contributed by atoms with Crippen LogP contribution in [0.5, 0.6) is 0 Å². The minimum Gasteiger partial charge on any atom is -0.353 e. The molecule has 0 bridgehead atoms. The van der Waals surface area contributed by atoms with Gasteiger partial charge in [-0.2, -0.15) is 0 Å². The lowest BCUT2D eigenvalue weighted by Crippen LogP contribution is -2.27. The van der Waals surface area contributed by atoms with Gasteiger partial charge < -0.3 is 5.32 Å². The van der Waals surface area contributed by atoms with Gasteiger partial charge >= 0.3 is 0 Å². The van der Waals surface area contributed by atoms with Crippen LogP contribution in [-0.2, 0) is 11.2 Å². The summed E-state index contributed by atoms with van der Waals surface area (Å²) in [4.78, 5) is 16.2. The molecule has 0 spiro atoms. The summed E-state index contributed by atoms with van der Waals surface area (Å²) in [5.74, 6) is 0.0652. The molecule has 1 amide bonds. The average Bonchev–Trinajstić information content (AvgIpc) is 3.07. The van der Waals surface area contributed by atoms with Gasteiger partial charge in [0.2, 0.25) is 5.91 Å². The van der Waals surface area contributed by atoms with Crippen molar-refractivity contribution in [3.8, 4) is 10.6 Å². The van der Waals surface area contributed by atoms with Gasteiger partial charge in [0.15, 0.2) is 0 Å². The molecule has 1 N–H and O–H groups in total. The number of amides is 1. The van der Waals surface area contributed by atoms with Crippen LogP contribution in [0.2, 0.25) is 5.02 Å². The zero-order valence-corrected chi connectivity index (χ0v) is 11.8. The SMILES string of the molecule is O=C(Cc1csc(-c2ccc(Cl)cc2)n1)NC1CC1. The maximum atomic E-state index is 11.7. The fourth-order valence-electron chi connectivity index (χ4n) is 1.78. The Labute approximate surface area is 120 Å². The summed E-state index contributed by atoms with van der Waals surface area (Å²) in [6.07, 6.45) is 2.58. The Morgan fingerprint density at radius 3 is 2.79 bits per heavy atom. The van der Waals surface area contributed by atoms with Gasteiger partial charge in [-0.05, 0) is 25.0 Å². The fraction of sp³-hybridized carbons (Fsp3) is 0.286. The molecule has 0 radical (unpaired) electrons. The third-order valence-corrected chi connectivity index (χ3v) is 4.12. The monoisotopic (exact) mass is 292 g/mol. The number of nitrogens with zero attached hydrogens (tertiary/aromatic N) is 1. The Balaban J connectivity index is 1.68. The first kappa shape index (κ1) is 12.6. The van der Waals surface area contributed by atoms with Crippen LogP contribution in [0.3, 0.4) is 0 Å².